The van der Waals surface area contributed by atoms with Gasteiger partial charge in [0.05, 0.1) is 0 Å². The van der Waals surface area contributed by atoms with Crippen molar-refractivity contribution in [3.8, 4) is 0 Å². The fraction of sp³-hybridized carbons (Fsp3) is 0.417. The zero-order valence-corrected chi connectivity index (χ0v) is 10.8. The Morgan fingerprint density at radius 3 is 2.82 bits per heavy atom. The summed E-state index contributed by atoms with van der Waals surface area (Å²) in [4.78, 5) is 1.28. The first-order chi connectivity index (χ1) is 8.22. The first-order valence-electron chi connectivity index (χ1n) is 5.60. The molecule has 0 aliphatic rings. The third-order valence-electron chi connectivity index (χ3n) is 2.25. The van der Waals surface area contributed by atoms with Crippen LogP contribution in [0.15, 0.2) is 40.4 Å². The molecule has 0 saturated heterocycles. The lowest BCUT2D eigenvalue weighted by Crippen LogP contribution is -2.32. The number of rotatable bonds is 7. The second-order valence-corrected chi connectivity index (χ2v) is 4.98. The Morgan fingerprint density at radius 1 is 1.47 bits per heavy atom. The molecule has 0 heterocycles. The Kier molecular flexibility index (Phi) is 6.50. The average Bonchev–Trinajstić information content (AvgIpc) is 2.36. The van der Waals surface area contributed by atoms with Crippen LogP contribution in [-0.4, -0.2) is 29.4 Å². The molecule has 94 valence electrons. The molecule has 1 rings (SSSR count). The van der Waals surface area contributed by atoms with Crippen LogP contribution in [0.5, 0.6) is 0 Å². The zero-order chi connectivity index (χ0) is 12.5. The maximum Gasteiger partial charge on any atom is 0.140 e. The molecule has 4 nitrogen and oxygen atoms in total. The van der Waals surface area contributed by atoms with Gasteiger partial charge in [-0.15, -0.1) is 11.8 Å². The van der Waals surface area contributed by atoms with Crippen LogP contribution in [-0.2, 0) is 0 Å². The van der Waals surface area contributed by atoms with E-state index in [1.54, 1.807) is 0 Å². The minimum absolute atomic E-state index is 0.224. The minimum atomic E-state index is 0.224. The number of nitrogens with one attached hydrogen (secondary N) is 1. The van der Waals surface area contributed by atoms with E-state index in [1.165, 1.54) is 4.90 Å². The first-order valence-corrected chi connectivity index (χ1v) is 6.58. The summed E-state index contributed by atoms with van der Waals surface area (Å²) in [6, 6.07) is 10.5. The Labute approximate surface area is 106 Å². The highest BCUT2D eigenvalue weighted by Gasteiger charge is 2.03. The van der Waals surface area contributed by atoms with Crippen molar-refractivity contribution in [3.63, 3.8) is 0 Å². The molecule has 0 spiro atoms. The third kappa shape index (κ3) is 6.19. The zero-order valence-electron chi connectivity index (χ0n) is 9.97. The van der Waals surface area contributed by atoms with Gasteiger partial charge in [-0.2, -0.15) is 0 Å². The molecule has 0 aliphatic carbocycles. The van der Waals surface area contributed by atoms with Crippen molar-refractivity contribution in [1.29, 1.82) is 0 Å². The largest absolute Gasteiger partial charge is 0.409 e. The number of hydrogen-bond acceptors (Lipinski definition) is 4. The van der Waals surface area contributed by atoms with Gasteiger partial charge in [0.25, 0.3) is 0 Å². The van der Waals surface area contributed by atoms with E-state index in [-0.39, 0.29) is 11.9 Å². The first kappa shape index (κ1) is 13.9. The molecule has 0 amide bonds. The van der Waals surface area contributed by atoms with Gasteiger partial charge in [0.1, 0.15) is 5.84 Å². The Bertz CT molecular complexity index is 343. The fourth-order valence-corrected chi connectivity index (χ4v) is 2.22. The van der Waals surface area contributed by atoms with Crippen LogP contribution >= 0.6 is 11.8 Å². The van der Waals surface area contributed by atoms with Gasteiger partial charge in [0.15, 0.2) is 0 Å². The number of oxime groups is 1. The van der Waals surface area contributed by atoms with Gasteiger partial charge in [-0.05, 0) is 19.1 Å². The Hall–Kier alpha value is -1.20. The van der Waals surface area contributed by atoms with Crippen LogP contribution < -0.4 is 11.1 Å². The molecule has 0 aliphatic heterocycles. The van der Waals surface area contributed by atoms with Crippen LogP contribution in [0.4, 0.5) is 0 Å². The van der Waals surface area contributed by atoms with E-state index in [4.69, 9.17) is 10.9 Å². The van der Waals surface area contributed by atoms with Crippen molar-refractivity contribution in [2.45, 2.75) is 24.3 Å². The number of hydrogen-bond donors (Lipinski definition) is 3. The second-order valence-electron chi connectivity index (χ2n) is 3.81. The predicted molar refractivity (Wildman–Crippen MR) is 72.7 cm³/mol. The smallest absolute Gasteiger partial charge is 0.140 e. The van der Waals surface area contributed by atoms with Crippen LogP contribution in [0.2, 0.25) is 0 Å². The monoisotopic (exact) mass is 253 g/mol. The standard InChI is InChI=1S/C12H19N3OS/c1-10(9-12(13)15-16)14-7-8-17-11-5-3-2-4-6-11/h2-6,10,14,16H,7-9H2,1H3,(H2,13,15). The fourth-order valence-electron chi connectivity index (χ4n) is 1.42. The molecule has 0 saturated carbocycles. The topological polar surface area (TPSA) is 70.6 Å². The van der Waals surface area contributed by atoms with Crippen LogP contribution in [0.25, 0.3) is 0 Å². The Balaban J connectivity index is 2.12. The molecule has 5 heteroatoms. The van der Waals surface area contributed by atoms with Crippen molar-refractivity contribution in [3.05, 3.63) is 30.3 Å². The molecular weight excluding hydrogens is 234 g/mol. The SMILES string of the molecule is CC(CC(N)=NO)NCCSc1ccccc1. The number of benzene rings is 1. The van der Waals surface area contributed by atoms with Gasteiger partial charge < -0.3 is 16.3 Å². The van der Waals surface area contributed by atoms with Gasteiger partial charge >= 0.3 is 0 Å². The summed E-state index contributed by atoms with van der Waals surface area (Å²) in [6.45, 7) is 2.92. The second kappa shape index (κ2) is 7.97. The van der Waals surface area contributed by atoms with E-state index in [2.05, 4.69) is 22.6 Å². The quantitative estimate of drug-likeness (QED) is 0.173. The molecule has 0 bridgehead atoms. The normalized spacial score (nSPS) is 13.6. The van der Waals surface area contributed by atoms with E-state index < -0.39 is 0 Å². The lowest BCUT2D eigenvalue weighted by atomic mass is 10.2. The molecular formula is C12H19N3OS. The van der Waals surface area contributed by atoms with Crippen molar-refractivity contribution in [2.75, 3.05) is 12.3 Å². The van der Waals surface area contributed by atoms with E-state index in [0.717, 1.165) is 12.3 Å². The van der Waals surface area contributed by atoms with Gasteiger partial charge in [-0.3, -0.25) is 0 Å². The van der Waals surface area contributed by atoms with Crippen molar-refractivity contribution < 1.29 is 5.21 Å². The van der Waals surface area contributed by atoms with Crippen molar-refractivity contribution in [1.82, 2.24) is 5.32 Å². The maximum atomic E-state index is 8.43. The van der Waals surface area contributed by atoms with Crippen LogP contribution in [0, 0.1) is 0 Å². The highest BCUT2D eigenvalue weighted by molar-refractivity contribution is 7.99. The van der Waals surface area contributed by atoms with Gasteiger partial charge in [-0.1, -0.05) is 23.4 Å². The minimum Gasteiger partial charge on any atom is -0.409 e. The summed E-state index contributed by atoms with van der Waals surface area (Å²) in [6.07, 6.45) is 0.562. The van der Waals surface area contributed by atoms with Gasteiger partial charge in [-0.25, -0.2) is 0 Å². The summed E-state index contributed by atoms with van der Waals surface area (Å²) >= 11 is 1.81. The maximum absolute atomic E-state index is 8.43. The molecule has 4 N–H and O–H groups in total. The predicted octanol–water partition coefficient (Wildman–Crippen LogP) is 1.89. The number of thioether (sulfide) groups is 1. The van der Waals surface area contributed by atoms with Gasteiger partial charge in [0.2, 0.25) is 0 Å². The Morgan fingerprint density at radius 2 is 2.18 bits per heavy atom. The molecule has 1 aromatic carbocycles. The summed E-state index contributed by atoms with van der Waals surface area (Å²) in [5.74, 6) is 1.27. The van der Waals surface area contributed by atoms with Crippen LogP contribution in [0.1, 0.15) is 13.3 Å². The average molecular weight is 253 g/mol. The number of amidine groups is 1. The van der Waals surface area contributed by atoms with Gasteiger partial charge in [0, 0.05) is 29.7 Å². The van der Waals surface area contributed by atoms with Crippen molar-refractivity contribution in [2.24, 2.45) is 10.9 Å². The van der Waals surface area contributed by atoms with Crippen LogP contribution in [0.3, 0.4) is 0 Å². The van der Waals surface area contributed by atoms with E-state index in [0.29, 0.717) is 6.42 Å². The van der Waals surface area contributed by atoms with E-state index >= 15 is 0 Å². The third-order valence-corrected chi connectivity index (χ3v) is 3.26. The molecule has 0 fully saturated rings. The summed E-state index contributed by atoms with van der Waals surface area (Å²) in [7, 11) is 0. The summed E-state index contributed by atoms with van der Waals surface area (Å²) in [5.41, 5.74) is 5.42. The van der Waals surface area contributed by atoms with E-state index in [1.807, 2.05) is 36.9 Å². The van der Waals surface area contributed by atoms with E-state index in [9.17, 15) is 0 Å². The molecule has 0 aromatic heterocycles. The molecule has 0 radical (unpaired) electrons. The lowest BCUT2D eigenvalue weighted by Gasteiger charge is -2.12. The number of nitrogens with zero attached hydrogens (tertiary/aromatic N) is 1. The molecule has 1 unspecified atom stereocenters. The summed E-state index contributed by atoms with van der Waals surface area (Å²) < 4.78 is 0. The molecule has 17 heavy (non-hydrogen) atoms. The van der Waals surface area contributed by atoms with Crippen molar-refractivity contribution >= 4 is 17.6 Å². The highest BCUT2D eigenvalue weighted by atomic mass is 32.2. The molecule has 1 atom stereocenters. The lowest BCUT2D eigenvalue weighted by molar-refractivity contribution is 0.316. The highest BCUT2D eigenvalue weighted by Crippen LogP contribution is 2.15. The summed E-state index contributed by atoms with van der Waals surface area (Å²) in [5, 5.41) is 14.7. The number of nitrogens with two attached hydrogens (primary N) is 1. The molecule has 1 aromatic rings.